The number of rotatable bonds is 1. The molecule has 0 unspecified atom stereocenters. The number of hydrogen-bond acceptors (Lipinski definition) is 5. The third-order valence-corrected chi connectivity index (χ3v) is 1.79. The molecule has 7 nitrogen and oxygen atoms in total. The van der Waals surface area contributed by atoms with Crippen molar-refractivity contribution in [3.8, 4) is 0 Å². The summed E-state index contributed by atoms with van der Waals surface area (Å²) in [4.78, 5) is 0. The molecule has 1 aliphatic rings. The first kappa shape index (κ1) is 15.2. The van der Waals surface area contributed by atoms with Crippen LogP contribution in [0.1, 0.15) is 0 Å². The van der Waals surface area contributed by atoms with Gasteiger partial charge in [-0.1, -0.05) is 0 Å². The summed E-state index contributed by atoms with van der Waals surface area (Å²) >= 11 is 0. The van der Waals surface area contributed by atoms with Crippen molar-refractivity contribution in [1.29, 1.82) is 0 Å². The predicted octanol–water partition coefficient (Wildman–Crippen LogP) is -4.19. The number of aliphatic hydroxyl groups excluding tert-OH is 4. The van der Waals surface area contributed by atoms with Gasteiger partial charge in [0, 0.05) is 0 Å². The summed E-state index contributed by atoms with van der Waals surface area (Å²) in [5, 5.41) is 35.7. The minimum Gasteiger partial charge on any atom is -0.412 e. The molecule has 0 aromatic carbocycles. The Morgan fingerprint density at radius 1 is 1.08 bits per heavy atom. The molecule has 0 bridgehead atoms. The molecule has 82 valence electrons. The summed E-state index contributed by atoms with van der Waals surface area (Å²) < 4.78 is 4.81. The SMILES string of the molecule is O.O.OC[C@H]1OC[C@H](O)[C@@H](O)[C@@H]1O. The van der Waals surface area contributed by atoms with Gasteiger partial charge in [0.2, 0.25) is 0 Å². The normalized spacial score (nSPS) is 38.8. The smallest absolute Gasteiger partial charge is 0.111 e. The van der Waals surface area contributed by atoms with Gasteiger partial charge in [0.15, 0.2) is 0 Å². The zero-order valence-corrected chi connectivity index (χ0v) is 6.92. The molecule has 0 amide bonds. The van der Waals surface area contributed by atoms with E-state index >= 15 is 0 Å². The van der Waals surface area contributed by atoms with Crippen molar-refractivity contribution < 1.29 is 36.1 Å². The summed E-state index contributed by atoms with van der Waals surface area (Å²) in [5.41, 5.74) is 0. The molecule has 0 saturated carbocycles. The van der Waals surface area contributed by atoms with Gasteiger partial charge in [0.25, 0.3) is 0 Å². The van der Waals surface area contributed by atoms with Gasteiger partial charge >= 0.3 is 0 Å². The van der Waals surface area contributed by atoms with Crippen molar-refractivity contribution >= 4 is 0 Å². The predicted molar refractivity (Wildman–Crippen MR) is 42.1 cm³/mol. The largest absolute Gasteiger partial charge is 0.412 e. The maximum atomic E-state index is 9.11. The fourth-order valence-corrected chi connectivity index (χ4v) is 1.03. The van der Waals surface area contributed by atoms with Crippen molar-refractivity contribution in [3.05, 3.63) is 0 Å². The highest BCUT2D eigenvalue weighted by molar-refractivity contribution is 4.85. The van der Waals surface area contributed by atoms with E-state index in [9.17, 15) is 0 Å². The summed E-state index contributed by atoms with van der Waals surface area (Å²) in [6.45, 7) is -0.408. The van der Waals surface area contributed by atoms with Crippen LogP contribution in [0, 0.1) is 0 Å². The van der Waals surface area contributed by atoms with Crippen LogP contribution in [0.25, 0.3) is 0 Å². The summed E-state index contributed by atoms with van der Waals surface area (Å²) in [6, 6.07) is 0. The highest BCUT2D eigenvalue weighted by Gasteiger charge is 2.36. The molecule has 0 spiro atoms. The molecule has 1 aliphatic heterocycles. The van der Waals surface area contributed by atoms with E-state index in [0.29, 0.717) is 0 Å². The van der Waals surface area contributed by atoms with E-state index < -0.39 is 24.4 Å². The van der Waals surface area contributed by atoms with Crippen LogP contribution in [-0.2, 0) is 4.74 Å². The van der Waals surface area contributed by atoms with E-state index in [2.05, 4.69) is 0 Å². The second kappa shape index (κ2) is 6.22. The highest BCUT2D eigenvalue weighted by atomic mass is 16.5. The molecule has 0 aliphatic carbocycles. The lowest BCUT2D eigenvalue weighted by atomic mass is 10.0. The molecule has 8 N–H and O–H groups in total. The Bertz CT molecular complexity index is 128. The molecule has 7 heteroatoms. The minimum atomic E-state index is -1.22. The molecule has 4 atom stereocenters. The van der Waals surface area contributed by atoms with Crippen LogP contribution in [0.3, 0.4) is 0 Å². The zero-order valence-electron chi connectivity index (χ0n) is 6.92. The van der Waals surface area contributed by atoms with Gasteiger partial charge in [-0.2, -0.15) is 0 Å². The summed E-state index contributed by atoms with van der Waals surface area (Å²) in [6.07, 6.45) is -4.27. The Kier molecular flexibility index (Phi) is 7.27. The Hall–Kier alpha value is -0.280. The molecule has 0 aromatic rings. The van der Waals surface area contributed by atoms with E-state index in [1.165, 1.54) is 0 Å². The maximum absolute atomic E-state index is 9.11. The third-order valence-electron chi connectivity index (χ3n) is 1.79. The van der Waals surface area contributed by atoms with E-state index in [0.717, 1.165) is 0 Å². The molecule has 13 heavy (non-hydrogen) atoms. The lowest BCUT2D eigenvalue weighted by Gasteiger charge is -2.34. The van der Waals surface area contributed by atoms with Crippen LogP contribution < -0.4 is 0 Å². The molecular weight excluding hydrogens is 184 g/mol. The minimum absolute atomic E-state index is 0. The first-order valence-corrected chi connectivity index (χ1v) is 3.43. The fourth-order valence-electron chi connectivity index (χ4n) is 1.03. The Morgan fingerprint density at radius 2 is 1.62 bits per heavy atom. The Morgan fingerprint density at radius 3 is 2.08 bits per heavy atom. The average molecular weight is 200 g/mol. The molecule has 1 fully saturated rings. The van der Waals surface area contributed by atoms with Crippen molar-refractivity contribution in [2.24, 2.45) is 0 Å². The van der Waals surface area contributed by atoms with E-state index in [1.807, 2.05) is 0 Å². The molecule has 0 radical (unpaired) electrons. The Balaban J connectivity index is 0. The molecule has 1 saturated heterocycles. The van der Waals surface area contributed by atoms with Crippen LogP contribution in [0.4, 0.5) is 0 Å². The maximum Gasteiger partial charge on any atom is 0.111 e. The quantitative estimate of drug-likeness (QED) is 0.338. The zero-order chi connectivity index (χ0) is 8.43. The first-order chi connectivity index (χ1) is 5.16. The van der Waals surface area contributed by atoms with Gasteiger partial charge in [0.05, 0.1) is 13.2 Å². The van der Waals surface area contributed by atoms with Gasteiger partial charge in [0.1, 0.15) is 24.4 Å². The van der Waals surface area contributed by atoms with Crippen LogP contribution in [0.15, 0.2) is 0 Å². The lowest BCUT2D eigenvalue weighted by molar-refractivity contribution is -0.195. The van der Waals surface area contributed by atoms with Crippen molar-refractivity contribution in [2.45, 2.75) is 24.4 Å². The van der Waals surface area contributed by atoms with Gasteiger partial charge in [-0.3, -0.25) is 0 Å². The van der Waals surface area contributed by atoms with Crippen LogP contribution >= 0.6 is 0 Å². The fraction of sp³-hybridized carbons (Fsp3) is 1.00. The van der Waals surface area contributed by atoms with Gasteiger partial charge in [-0.15, -0.1) is 0 Å². The van der Waals surface area contributed by atoms with Crippen LogP contribution in [0.5, 0.6) is 0 Å². The third kappa shape index (κ3) is 3.16. The Labute approximate surface area is 74.8 Å². The second-order valence-corrected chi connectivity index (χ2v) is 2.60. The van der Waals surface area contributed by atoms with E-state index in [4.69, 9.17) is 25.2 Å². The van der Waals surface area contributed by atoms with Crippen molar-refractivity contribution in [3.63, 3.8) is 0 Å². The summed E-state index contributed by atoms with van der Waals surface area (Å²) in [7, 11) is 0. The van der Waals surface area contributed by atoms with Gasteiger partial charge in [-0.05, 0) is 0 Å². The molecule has 0 aromatic heterocycles. The van der Waals surface area contributed by atoms with Gasteiger partial charge in [-0.25, -0.2) is 0 Å². The molecule has 1 heterocycles. The van der Waals surface area contributed by atoms with Crippen molar-refractivity contribution in [2.75, 3.05) is 13.2 Å². The van der Waals surface area contributed by atoms with Gasteiger partial charge < -0.3 is 36.1 Å². The topological polar surface area (TPSA) is 153 Å². The number of ether oxygens (including phenoxy) is 1. The monoisotopic (exact) mass is 200 g/mol. The first-order valence-electron chi connectivity index (χ1n) is 3.43. The average Bonchev–Trinajstić information content (AvgIpc) is 2.01. The molecular formula is C6H16O7. The van der Waals surface area contributed by atoms with E-state index in [-0.39, 0.29) is 24.2 Å². The highest BCUT2D eigenvalue weighted by Crippen LogP contribution is 2.14. The lowest BCUT2D eigenvalue weighted by Crippen LogP contribution is -2.53. The molecule has 1 rings (SSSR count). The van der Waals surface area contributed by atoms with E-state index in [1.54, 1.807) is 0 Å². The van der Waals surface area contributed by atoms with Crippen LogP contribution in [0.2, 0.25) is 0 Å². The number of hydrogen-bond donors (Lipinski definition) is 4. The standard InChI is InChI=1S/C6H12O5.2H2O/c7-1-4-6(10)5(9)3(8)2-11-4;;/h3-10H,1-2H2;2*1H2/t3-,4+,5+,6+;;/m0../s1. The summed E-state index contributed by atoms with van der Waals surface area (Å²) in [5.74, 6) is 0. The van der Waals surface area contributed by atoms with Crippen molar-refractivity contribution in [1.82, 2.24) is 0 Å². The number of aliphatic hydroxyl groups is 4. The van der Waals surface area contributed by atoms with Crippen LogP contribution in [-0.4, -0.2) is 69.0 Å². The second-order valence-electron chi connectivity index (χ2n) is 2.60.